The van der Waals surface area contributed by atoms with Crippen LogP contribution in [-0.4, -0.2) is 168 Å². The Bertz CT molecular complexity index is 3610. The van der Waals surface area contributed by atoms with Crippen molar-refractivity contribution in [1.29, 1.82) is 0 Å². The highest BCUT2D eigenvalue weighted by Crippen LogP contribution is 2.48. The quantitative estimate of drug-likeness (QED) is 0.0187. The number of aromatic nitrogens is 1. The van der Waals surface area contributed by atoms with Crippen molar-refractivity contribution in [2.75, 3.05) is 50.3 Å². The van der Waals surface area contributed by atoms with Gasteiger partial charge in [0.1, 0.15) is 47.7 Å². The van der Waals surface area contributed by atoms with Gasteiger partial charge in [-0.2, -0.15) is 8.42 Å². The molecule has 5 heterocycles. The normalized spacial score (nSPS) is 20.2. The lowest BCUT2D eigenvalue weighted by Gasteiger charge is -2.36. The number of esters is 2. The molecule has 8 rings (SSSR count). The van der Waals surface area contributed by atoms with E-state index < -0.39 is 127 Å². The zero-order chi connectivity index (χ0) is 62.9. The molecule has 1 aliphatic carbocycles. The van der Waals surface area contributed by atoms with Crippen LogP contribution in [0.1, 0.15) is 113 Å². The number of hydrogen-bond acceptors (Lipinski definition) is 19. The van der Waals surface area contributed by atoms with E-state index in [4.69, 9.17) is 19.2 Å². The average molecular weight is 1240 g/mol. The zero-order valence-electron chi connectivity index (χ0n) is 48.4. The fraction of sp³-hybridized carbons (Fsp3) is 0.509. The van der Waals surface area contributed by atoms with E-state index in [-0.39, 0.29) is 93.5 Å². The summed E-state index contributed by atoms with van der Waals surface area (Å²) in [5, 5.41) is 20.6. The molecule has 6 N–H and O–H groups in total. The largest absolute Gasteiger partial charge is 0.444 e. The summed E-state index contributed by atoms with van der Waals surface area (Å²) in [4.78, 5) is 126. The molecule has 29 heteroatoms. The third-order valence-electron chi connectivity index (χ3n) is 16.0. The molecule has 0 bridgehead atoms. The van der Waals surface area contributed by atoms with E-state index in [1.807, 2.05) is 4.90 Å². The number of carbonyl (C=O) groups is 9. The number of imide groups is 1. The molecular formula is C57H69FN8O18S2. The second kappa shape index (κ2) is 25.7. The van der Waals surface area contributed by atoms with Crippen molar-refractivity contribution in [3.05, 3.63) is 86.9 Å². The van der Waals surface area contributed by atoms with Crippen molar-refractivity contribution < 1.29 is 88.2 Å². The summed E-state index contributed by atoms with van der Waals surface area (Å²) in [6, 6.07) is 4.08. The predicted molar refractivity (Wildman–Crippen MR) is 304 cm³/mol. The van der Waals surface area contributed by atoms with Gasteiger partial charge in [0, 0.05) is 66.5 Å². The van der Waals surface area contributed by atoms with Crippen molar-refractivity contribution in [3.8, 4) is 0 Å². The first-order chi connectivity index (χ1) is 40.4. The van der Waals surface area contributed by atoms with Gasteiger partial charge in [0.05, 0.1) is 40.8 Å². The molecule has 6 atom stereocenters. The number of likely N-dealkylation sites (tertiary alicyclic amines) is 1. The molecule has 4 aliphatic heterocycles. The molecule has 2 aromatic carbocycles. The molecule has 0 spiro atoms. The van der Waals surface area contributed by atoms with Crippen LogP contribution in [-0.2, 0) is 92.1 Å². The number of rotatable bonds is 24. The minimum Gasteiger partial charge on any atom is -0.444 e. The standard InChI is InChI=1S/C57H69FN8O18S2/c1-8-57(76)38-22-42-49-37(25-65(42)24-36(38)54(73)84-55(57)74)47-40(17-16-35-31(5)39(58)23-41(62-49)46(35)47)61-44(67)27-82-28-64(19-20-85(7,77)78)56(75)83-26-33-12-14-34(15-13-33)60-50(69)32(6)59-52(71)48(29(2)3)63-51(70)43(86(79,80)81)11-9-10-18-66-45(68)21-30(4)53(66)72/h12-15,22-23,29-30,32,40,43,48,76H,8-11,16-21,24-28H2,1-7H3,(H,59,71)(H,60,69)(H,61,67)(H,63,70)(H,79,80,81)/t30?,32-,40-,43?,48-,57-/m0/s1. The molecule has 464 valence electrons. The molecule has 3 aromatic rings. The summed E-state index contributed by atoms with van der Waals surface area (Å²) in [6.45, 7) is 7.69. The second-order valence-electron chi connectivity index (χ2n) is 22.6. The topological polar surface area (TPSA) is 361 Å². The molecule has 7 amide bonds. The highest BCUT2D eigenvalue weighted by atomic mass is 32.2. The SMILES string of the molecule is CC[C@@]1(O)C(=O)OC(=O)C2=C1C=C1c3nc4cc(F)c(C)c5c4c(c3CN1C2)[C@@H](NC(=O)COCN(CCS(C)(=O)=O)C(=O)OCc1ccc(NC(=O)[C@H](C)NC(=O)[C@@H](NC(=O)C(CCCCN2C(=O)CC(C)C2=O)S(=O)(=O)O)C(C)C)cc1)CC5. The van der Waals surface area contributed by atoms with E-state index in [2.05, 4.69) is 21.3 Å². The number of nitrogens with one attached hydrogen (secondary N) is 4. The number of pyridine rings is 1. The van der Waals surface area contributed by atoms with Crippen LogP contribution in [0.25, 0.3) is 16.6 Å². The van der Waals surface area contributed by atoms with Crippen LogP contribution in [0.15, 0.2) is 47.6 Å². The fourth-order valence-corrected chi connectivity index (χ4v) is 12.5. The number of fused-ring (bicyclic) bond motifs is 4. The third kappa shape index (κ3) is 13.9. The van der Waals surface area contributed by atoms with Crippen molar-refractivity contribution >= 4 is 95.7 Å². The van der Waals surface area contributed by atoms with E-state index in [9.17, 15) is 69.6 Å². The predicted octanol–water partition coefficient (Wildman–Crippen LogP) is 2.54. The van der Waals surface area contributed by atoms with E-state index >= 15 is 4.39 Å². The number of nitrogens with zero attached hydrogens (tertiary/aromatic N) is 4. The highest BCUT2D eigenvalue weighted by molar-refractivity contribution is 7.90. The first kappa shape index (κ1) is 64.3. The molecule has 1 saturated heterocycles. The molecule has 5 aliphatic rings. The molecule has 86 heavy (non-hydrogen) atoms. The second-order valence-corrected chi connectivity index (χ2v) is 26.5. The molecule has 26 nitrogen and oxygen atoms in total. The lowest BCUT2D eigenvalue weighted by atomic mass is 9.81. The van der Waals surface area contributed by atoms with Crippen molar-refractivity contribution in [2.24, 2.45) is 11.8 Å². The minimum atomic E-state index is -4.96. The van der Waals surface area contributed by atoms with E-state index in [1.54, 1.807) is 34.6 Å². The number of aryl methyl sites for hydroxylation is 1. The monoisotopic (exact) mass is 1240 g/mol. The summed E-state index contributed by atoms with van der Waals surface area (Å²) in [6.07, 6.45) is 2.05. The molecule has 2 unspecified atom stereocenters. The van der Waals surface area contributed by atoms with E-state index in [0.29, 0.717) is 63.0 Å². The fourth-order valence-electron chi connectivity index (χ4n) is 11.1. The number of aliphatic hydroxyl groups is 1. The summed E-state index contributed by atoms with van der Waals surface area (Å²) >= 11 is 0. The van der Waals surface area contributed by atoms with Crippen LogP contribution in [0.4, 0.5) is 14.9 Å². The van der Waals surface area contributed by atoms with Crippen molar-refractivity contribution in [3.63, 3.8) is 0 Å². The smallest absolute Gasteiger partial charge is 0.411 e. The van der Waals surface area contributed by atoms with Gasteiger partial charge < -0.3 is 45.5 Å². The number of sulfone groups is 1. The first-order valence-corrected chi connectivity index (χ1v) is 31.6. The number of ether oxygens (including phenoxy) is 3. The van der Waals surface area contributed by atoms with Crippen LogP contribution < -0.4 is 21.3 Å². The zero-order valence-corrected chi connectivity index (χ0v) is 50.1. The number of halogens is 1. The summed E-state index contributed by atoms with van der Waals surface area (Å²) in [7, 11) is -8.57. The lowest BCUT2D eigenvalue weighted by molar-refractivity contribution is -0.172. The van der Waals surface area contributed by atoms with Gasteiger partial charge in [0.15, 0.2) is 10.9 Å². The summed E-state index contributed by atoms with van der Waals surface area (Å²) < 4.78 is 90.5. The van der Waals surface area contributed by atoms with E-state index in [0.717, 1.165) is 16.1 Å². The Morgan fingerprint density at radius 1 is 0.977 bits per heavy atom. The van der Waals surface area contributed by atoms with Crippen LogP contribution in [0, 0.1) is 24.6 Å². The highest BCUT2D eigenvalue weighted by Gasteiger charge is 2.51. The molecule has 1 fully saturated rings. The van der Waals surface area contributed by atoms with Crippen LogP contribution in [0.2, 0.25) is 0 Å². The number of cyclic esters (lactones) is 2. The third-order valence-corrected chi connectivity index (χ3v) is 18.1. The minimum absolute atomic E-state index is 0.00985. The molecule has 0 saturated carbocycles. The molecule has 1 aromatic heterocycles. The van der Waals surface area contributed by atoms with Gasteiger partial charge in [-0.25, -0.2) is 32.2 Å². The van der Waals surface area contributed by atoms with Crippen LogP contribution >= 0.6 is 0 Å². The lowest BCUT2D eigenvalue weighted by Crippen LogP contribution is -2.56. The van der Waals surface area contributed by atoms with Gasteiger partial charge in [0.25, 0.3) is 10.1 Å². The average Bonchev–Trinajstić information content (AvgIpc) is 1.45. The van der Waals surface area contributed by atoms with Gasteiger partial charge in [-0.15, -0.1) is 0 Å². The molecular weight excluding hydrogens is 1170 g/mol. The van der Waals surface area contributed by atoms with Crippen molar-refractivity contribution in [1.82, 2.24) is 35.6 Å². The summed E-state index contributed by atoms with van der Waals surface area (Å²) in [5.41, 5.74) is 2.51. The Kier molecular flexibility index (Phi) is 19.2. The Hall–Kier alpha value is -7.73. The Balaban J connectivity index is 0.846. The van der Waals surface area contributed by atoms with Gasteiger partial charge in [-0.3, -0.25) is 43.1 Å². The number of carbonyl (C=O) groups excluding carboxylic acids is 9. The number of anilines is 1. The Morgan fingerprint density at radius 2 is 1.69 bits per heavy atom. The number of amides is 7. The summed E-state index contributed by atoms with van der Waals surface area (Å²) in [5.74, 6) is -8.02. The maximum Gasteiger partial charge on any atom is 0.411 e. The van der Waals surface area contributed by atoms with E-state index in [1.165, 1.54) is 43.3 Å². The van der Waals surface area contributed by atoms with Crippen LogP contribution in [0.3, 0.4) is 0 Å². The van der Waals surface area contributed by atoms with Gasteiger partial charge in [-0.05, 0) is 98.8 Å². The van der Waals surface area contributed by atoms with Gasteiger partial charge in [-0.1, -0.05) is 39.8 Å². The van der Waals surface area contributed by atoms with Crippen LogP contribution in [0.5, 0.6) is 0 Å². The first-order valence-electron chi connectivity index (χ1n) is 28.0. The van der Waals surface area contributed by atoms with Crippen molar-refractivity contribution in [2.45, 2.75) is 129 Å². The number of benzene rings is 2. The van der Waals surface area contributed by atoms with Gasteiger partial charge >= 0.3 is 18.0 Å². The Labute approximate surface area is 495 Å². The van der Waals surface area contributed by atoms with Gasteiger partial charge in [0.2, 0.25) is 35.4 Å². The molecule has 0 radical (unpaired) electrons. The Morgan fingerprint density at radius 3 is 2.33 bits per heavy atom. The number of unbranched alkanes of at least 4 members (excludes halogenated alkanes) is 1. The number of hydrogen-bond donors (Lipinski definition) is 6. The maximum atomic E-state index is 15.5. The maximum absolute atomic E-state index is 15.5.